The second-order valence-corrected chi connectivity index (χ2v) is 7.52. The predicted molar refractivity (Wildman–Crippen MR) is 111 cm³/mol. The van der Waals surface area contributed by atoms with E-state index in [0.29, 0.717) is 24.4 Å². The van der Waals surface area contributed by atoms with Gasteiger partial charge in [-0.3, -0.25) is 14.6 Å². The van der Waals surface area contributed by atoms with Crippen LogP contribution in [0.3, 0.4) is 0 Å². The fourth-order valence-corrected chi connectivity index (χ4v) is 3.54. The Labute approximate surface area is 171 Å². The van der Waals surface area contributed by atoms with Crippen molar-refractivity contribution in [2.45, 2.75) is 27.3 Å². The van der Waals surface area contributed by atoms with Crippen LogP contribution in [-0.2, 0) is 16.1 Å². The first-order valence-corrected chi connectivity index (χ1v) is 9.85. The van der Waals surface area contributed by atoms with Crippen LogP contribution in [-0.4, -0.2) is 61.5 Å². The molecule has 0 spiro atoms. The fraction of sp³-hybridized carbons (Fsp3) is 0.455. The van der Waals surface area contributed by atoms with Crippen LogP contribution in [0, 0.1) is 20.8 Å². The van der Waals surface area contributed by atoms with Crippen molar-refractivity contribution in [2.75, 3.05) is 45.2 Å². The minimum absolute atomic E-state index is 0.0107. The number of amides is 1. The zero-order chi connectivity index (χ0) is 21.0. The summed E-state index contributed by atoms with van der Waals surface area (Å²) in [6, 6.07) is 7.69. The highest BCUT2D eigenvalue weighted by atomic mass is 16.5. The number of nitrogens with zero attached hydrogens (tertiary/aromatic N) is 2. The zero-order valence-corrected chi connectivity index (χ0v) is 17.6. The largest absolute Gasteiger partial charge is 0.465 e. The molecule has 7 nitrogen and oxygen atoms in total. The molecule has 0 unspecified atom stereocenters. The van der Waals surface area contributed by atoms with E-state index >= 15 is 0 Å². The number of carbonyl (C=O) groups excluding carboxylic acids is 2. The van der Waals surface area contributed by atoms with Crippen LogP contribution in [0.4, 0.5) is 5.69 Å². The third kappa shape index (κ3) is 5.25. The monoisotopic (exact) mass is 399 g/mol. The molecular formula is C22H29N3O4. The van der Waals surface area contributed by atoms with Gasteiger partial charge in [0.2, 0.25) is 5.91 Å². The Morgan fingerprint density at radius 2 is 1.79 bits per heavy atom. The number of aryl methyl sites for hydroxylation is 2. The number of methoxy groups -OCH3 is 1. The van der Waals surface area contributed by atoms with Gasteiger partial charge in [0.25, 0.3) is 0 Å². The molecule has 2 aromatic rings. The van der Waals surface area contributed by atoms with Crippen molar-refractivity contribution in [3.63, 3.8) is 0 Å². The molecular weight excluding hydrogens is 370 g/mol. The van der Waals surface area contributed by atoms with Crippen molar-refractivity contribution in [1.29, 1.82) is 0 Å². The molecule has 1 aromatic heterocycles. The lowest BCUT2D eigenvalue weighted by Crippen LogP contribution is -2.48. The first kappa shape index (κ1) is 21.1. The Balaban J connectivity index is 1.47. The smallest absolute Gasteiger partial charge is 0.341 e. The molecule has 0 radical (unpaired) electrons. The number of hydrogen-bond acceptors (Lipinski definition) is 6. The number of piperazine rings is 1. The topological polar surface area (TPSA) is 75.0 Å². The van der Waals surface area contributed by atoms with Crippen molar-refractivity contribution in [2.24, 2.45) is 0 Å². The van der Waals surface area contributed by atoms with Gasteiger partial charge in [0.15, 0.2) is 0 Å². The standard InChI is InChI=1S/C22H29N3O4/c1-15-6-5-7-20(16(15)2)23-21(26)14-25-10-8-24(9-11-25)13-18-12-19(17(3)29-18)22(27)28-4/h5-7,12H,8-11,13-14H2,1-4H3,(H,23,26). The minimum atomic E-state index is -0.378. The van der Waals surface area contributed by atoms with Crippen molar-refractivity contribution in [3.05, 3.63) is 52.5 Å². The van der Waals surface area contributed by atoms with E-state index in [1.165, 1.54) is 12.7 Å². The quantitative estimate of drug-likeness (QED) is 0.753. The van der Waals surface area contributed by atoms with E-state index in [2.05, 4.69) is 15.1 Å². The lowest BCUT2D eigenvalue weighted by Gasteiger charge is -2.33. The number of furan rings is 1. The van der Waals surface area contributed by atoms with Gasteiger partial charge in [0, 0.05) is 31.9 Å². The SMILES string of the molecule is COC(=O)c1cc(CN2CCN(CC(=O)Nc3cccc(C)c3C)CC2)oc1C. The molecule has 1 N–H and O–H groups in total. The van der Waals surface area contributed by atoms with E-state index in [1.54, 1.807) is 13.0 Å². The first-order chi connectivity index (χ1) is 13.9. The highest BCUT2D eigenvalue weighted by Crippen LogP contribution is 2.19. The molecule has 1 fully saturated rings. The summed E-state index contributed by atoms with van der Waals surface area (Å²) in [5.74, 6) is 0.964. The third-order valence-electron chi connectivity index (χ3n) is 5.46. The second-order valence-electron chi connectivity index (χ2n) is 7.52. The van der Waals surface area contributed by atoms with Crippen molar-refractivity contribution < 1.29 is 18.7 Å². The van der Waals surface area contributed by atoms with Gasteiger partial charge < -0.3 is 14.5 Å². The summed E-state index contributed by atoms with van der Waals surface area (Å²) in [5, 5.41) is 3.02. The number of anilines is 1. The van der Waals surface area contributed by atoms with Crippen molar-refractivity contribution in [3.8, 4) is 0 Å². The number of rotatable bonds is 6. The van der Waals surface area contributed by atoms with Crippen LogP contribution in [0.15, 0.2) is 28.7 Å². The lowest BCUT2D eigenvalue weighted by atomic mass is 10.1. The number of carbonyl (C=O) groups is 2. The van der Waals surface area contributed by atoms with E-state index in [4.69, 9.17) is 9.15 Å². The molecule has 3 rings (SSSR count). The molecule has 1 amide bonds. The third-order valence-corrected chi connectivity index (χ3v) is 5.46. The summed E-state index contributed by atoms with van der Waals surface area (Å²) in [5.41, 5.74) is 3.62. The minimum Gasteiger partial charge on any atom is -0.465 e. The van der Waals surface area contributed by atoms with Crippen LogP contribution in [0.2, 0.25) is 0 Å². The number of hydrogen-bond donors (Lipinski definition) is 1. The molecule has 1 saturated heterocycles. The molecule has 156 valence electrons. The number of benzene rings is 1. The average molecular weight is 399 g/mol. The molecule has 29 heavy (non-hydrogen) atoms. The summed E-state index contributed by atoms with van der Waals surface area (Å²) in [7, 11) is 1.37. The number of ether oxygens (including phenoxy) is 1. The summed E-state index contributed by atoms with van der Waals surface area (Å²) < 4.78 is 10.5. The first-order valence-electron chi connectivity index (χ1n) is 9.85. The van der Waals surface area contributed by atoms with Crippen LogP contribution in [0.1, 0.15) is 33.0 Å². The normalized spacial score (nSPS) is 15.3. The van der Waals surface area contributed by atoms with Gasteiger partial charge in [-0.25, -0.2) is 4.79 Å². The van der Waals surface area contributed by atoms with Gasteiger partial charge in [-0.2, -0.15) is 0 Å². The Bertz CT molecular complexity index is 882. The van der Waals surface area contributed by atoms with Gasteiger partial charge in [0.05, 0.1) is 20.2 Å². The van der Waals surface area contributed by atoms with Gasteiger partial charge in [0.1, 0.15) is 17.1 Å². The summed E-state index contributed by atoms with van der Waals surface area (Å²) in [6.07, 6.45) is 0. The molecule has 7 heteroatoms. The maximum atomic E-state index is 12.4. The molecule has 0 aliphatic carbocycles. The summed E-state index contributed by atoms with van der Waals surface area (Å²) in [4.78, 5) is 28.6. The molecule has 0 atom stereocenters. The highest BCUT2D eigenvalue weighted by Gasteiger charge is 2.22. The summed E-state index contributed by atoms with van der Waals surface area (Å²) >= 11 is 0. The van der Waals surface area contributed by atoms with Gasteiger partial charge >= 0.3 is 5.97 Å². The Kier molecular flexibility index (Phi) is 6.71. The Morgan fingerprint density at radius 1 is 1.10 bits per heavy atom. The van der Waals surface area contributed by atoms with Gasteiger partial charge in [-0.05, 0) is 44.0 Å². The summed E-state index contributed by atoms with van der Waals surface area (Å²) in [6.45, 7) is 10.1. The van der Waals surface area contributed by atoms with E-state index in [1.807, 2.05) is 32.0 Å². The molecule has 0 saturated carbocycles. The van der Waals surface area contributed by atoms with Crippen LogP contribution >= 0.6 is 0 Å². The second kappa shape index (κ2) is 9.24. The number of esters is 1. The zero-order valence-electron chi connectivity index (χ0n) is 17.6. The van der Waals surface area contributed by atoms with E-state index in [0.717, 1.165) is 43.2 Å². The molecule has 0 bridgehead atoms. The van der Waals surface area contributed by atoms with E-state index in [-0.39, 0.29) is 11.9 Å². The van der Waals surface area contributed by atoms with Crippen molar-refractivity contribution >= 4 is 17.6 Å². The molecule has 1 aromatic carbocycles. The van der Waals surface area contributed by atoms with Gasteiger partial charge in [-0.15, -0.1) is 0 Å². The van der Waals surface area contributed by atoms with Gasteiger partial charge in [-0.1, -0.05) is 12.1 Å². The Hall–Kier alpha value is -2.64. The van der Waals surface area contributed by atoms with E-state index in [9.17, 15) is 9.59 Å². The average Bonchev–Trinajstić information content (AvgIpc) is 3.06. The molecule has 1 aliphatic rings. The molecule has 1 aliphatic heterocycles. The molecule has 2 heterocycles. The lowest BCUT2D eigenvalue weighted by molar-refractivity contribution is -0.117. The Morgan fingerprint density at radius 3 is 2.48 bits per heavy atom. The highest BCUT2D eigenvalue weighted by molar-refractivity contribution is 5.93. The maximum Gasteiger partial charge on any atom is 0.341 e. The maximum absolute atomic E-state index is 12.4. The fourth-order valence-electron chi connectivity index (χ4n) is 3.54. The van der Waals surface area contributed by atoms with Crippen LogP contribution < -0.4 is 5.32 Å². The van der Waals surface area contributed by atoms with E-state index < -0.39 is 0 Å². The predicted octanol–water partition coefficient (Wildman–Crippen LogP) is 2.75. The van der Waals surface area contributed by atoms with Crippen molar-refractivity contribution in [1.82, 2.24) is 9.80 Å². The van der Waals surface area contributed by atoms with Crippen LogP contribution in [0.25, 0.3) is 0 Å². The number of nitrogens with one attached hydrogen (secondary N) is 1. The van der Waals surface area contributed by atoms with Crippen LogP contribution in [0.5, 0.6) is 0 Å².